The van der Waals surface area contributed by atoms with Crippen LogP contribution in [0.4, 0.5) is 0 Å². The van der Waals surface area contributed by atoms with Crippen molar-refractivity contribution in [1.29, 1.82) is 0 Å². The molecule has 3 N–H and O–H groups in total. The molecule has 0 spiro atoms. The van der Waals surface area contributed by atoms with E-state index >= 15 is 0 Å². The molecule has 1 aromatic heterocycles. The van der Waals surface area contributed by atoms with E-state index in [-0.39, 0.29) is 12.0 Å². The Hall–Kier alpha value is -1.45. The lowest BCUT2D eigenvalue weighted by atomic mass is 9.93. The molecule has 0 saturated heterocycles. The number of hydrogen-bond donors (Lipinski definition) is 2. The summed E-state index contributed by atoms with van der Waals surface area (Å²) < 4.78 is 0. The van der Waals surface area contributed by atoms with Crippen molar-refractivity contribution in [2.75, 3.05) is 0 Å². The van der Waals surface area contributed by atoms with Crippen molar-refractivity contribution in [3.8, 4) is 0 Å². The maximum atomic E-state index is 10.2. The van der Waals surface area contributed by atoms with Crippen molar-refractivity contribution < 1.29 is 5.11 Å². The standard InChI is InChI=1S/C15H20N2O/c1-9(2)14(16)15(18)12-6-7-13-11(8-12)5-4-10(3)17-13/h4-9,14-15,18H,16H2,1-3H3. The van der Waals surface area contributed by atoms with Crippen molar-refractivity contribution in [1.82, 2.24) is 4.98 Å². The maximum absolute atomic E-state index is 10.2. The zero-order valence-corrected chi connectivity index (χ0v) is 11.1. The van der Waals surface area contributed by atoms with Gasteiger partial charge in [0, 0.05) is 17.1 Å². The fraction of sp³-hybridized carbons (Fsp3) is 0.400. The van der Waals surface area contributed by atoms with Crippen molar-refractivity contribution in [3.63, 3.8) is 0 Å². The lowest BCUT2D eigenvalue weighted by Gasteiger charge is -2.22. The van der Waals surface area contributed by atoms with Gasteiger partial charge in [-0.25, -0.2) is 0 Å². The second-order valence-corrected chi connectivity index (χ2v) is 5.17. The van der Waals surface area contributed by atoms with Crippen LogP contribution in [0.5, 0.6) is 0 Å². The summed E-state index contributed by atoms with van der Waals surface area (Å²) in [7, 11) is 0. The van der Waals surface area contributed by atoms with E-state index in [9.17, 15) is 5.11 Å². The molecular weight excluding hydrogens is 224 g/mol. The number of aryl methyl sites for hydroxylation is 1. The summed E-state index contributed by atoms with van der Waals surface area (Å²) in [5, 5.41) is 11.3. The number of aliphatic hydroxyl groups is 1. The van der Waals surface area contributed by atoms with Crippen LogP contribution in [0.15, 0.2) is 30.3 Å². The molecule has 0 aliphatic rings. The van der Waals surface area contributed by atoms with Crippen LogP contribution in [-0.2, 0) is 0 Å². The number of pyridine rings is 1. The molecule has 2 aromatic rings. The number of aromatic nitrogens is 1. The molecule has 3 heteroatoms. The lowest BCUT2D eigenvalue weighted by Crippen LogP contribution is -2.33. The van der Waals surface area contributed by atoms with Crippen LogP contribution in [0, 0.1) is 12.8 Å². The van der Waals surface area contributed by atoms with Gasteiger partial charge in [-0.2, -0.15) is 0 Å². The first-order valence-corrected chi connectivity index (χ1v) is 6.30. The topological polar surface area (TPSA) is 59.1 Å². The first-order valence-electron chi connectivity index (χ1n) is 6.30. The van der Waals surface area contributed by atoms with Crippen LogP contribution in [0.25, 0.3) is 10.9 Å². The highest BCUT2D eigenvalue weighted by molar-refractivity contribution is 5.79. The minimum absolute atomic E-state index is 0.242. The Labute approximate surface area is 108 Å². The minimum atomic E-state index is -0.629. The van der Waals surface area contributed by atoms with Gasteiger partial charge in [0.05, 0.1) is 11.6 Å². The summed E-state index contributed by atoms with van der Waals surface area (Å²) in [6.07, 6.45) is -0.629. The van der Waals surface area contributed by atoms with Gasteiger partial charge in [0.15, 0.2) is 0 Å². The molecule has 0 saturated carbocycles. The molecule has 1 heterocycles. The Morgan fingerprint density at radius 3 is 2.56 bits per heavy atom. The highest BCUT2D eigenvalue weighted by atomic mass is 16.3. The van der Waals surface area contributed by atoms with E-state index in [4.69, 9.17) is 5.73 Å². The molecule has 0 amide bonds. The van der Waals surface area contributed by atoms with Gasteiger partial charge in [0.1, 0.15) is 0 Å². The molecule has 1 aromatic carbocycles. The fourth-order valence-electron chi connectivity index (χ4n) is 2.02. The molecule has 96 valence electrons. The van der Waals surface area contributed by atoms with E-state index in [2.05, 4.69) is 4.98 Å². The second kappa shape index (κ2) is 5.04. The number of nitrogens with two attached hydrogens (primary N) is 1. The molecule has 2 atom stereocenters. The van der Waals surface area contributed by atoms with Gasteiger partial charge in [-0.3, -0.25) is 4.98 Å². The second-order valence-electron chi connectivity index (χ2n) is 5.17. The molecule has 3 nitrogen and oxygen atoms in total. The highest BCUT2D eigenvalue weighted by Crippen LogP contribution is 2.23. The van der Waals surface area contributed by atoms with Gasteiger partial charge in [-0.15, -0.1) is 0 Å². The molecule has 2 unspecified atom stereocenters. The first kappa shape index (κ1) is 13.0. The summed E-state index contributed by atoms with van der Waals surface area (Å²) in [6.45, 7) is 6.00. The fourth-order valence-corrected chi connectivity index (χ4v) is 2.02. The average molecular weight is 244 g/mol. The quantitative estimate of drug-likeness (QED) is 0.872. The summed E-state index contributed by atoms with van der Waals surface area (Å²) >= 11 is 0. The summed E-state index contributed by atoms with van der Waals surface area (Å²) in [5.74, 6) is 0.242. The monoisotopic (exact) mass is 244 g/mol. The number of hydrogen-bond acceptors (Lipinski definition) is 3. The Morgan fingerprint density at radius 2 is 1.89 bits per heavy atom. The van der Waals surface area contributed by atoms with E-state index in [1.54, 1.807) is 0 Å². The third-order valence-corrected chi connectivity index (χ3v) is 3.33. The third kappa shape index (κ3) is 2.52. The van der Waals surface area contributed by atoms with Crippen LogP contribution < -0.4 is 5.73 Å². The van der Waals surface area contributed by atoms with Gasteiger partial charge in [-0.05, 0) is 36.6 Å². The minimum Gasteiger partial charge on any atom is -0.387 e. The van der Waals surface area contributed by atoms with E-state index in [0.29, 0.717) is 0 Å². The molecule has 0 aliphatic heterocycles. The number of rotatable bonds is 3. The van der Waals surface area contributed by atoms with Crippen LogP contribution in [0.3, 0.4) is 0 Å². The molecule has 0 aliphatic carbocycles. The van der Waals surface area contributed by atoms with Crippen molar-refractivity contribution in [2.45, 2.75) is 32.9 Å². The molecule has 2 rings (SSSR count). The van der Waals surface area contributed by atoms with Crippen LogP contribution in [0.2, 0.25) is 0 Å². The lowest BCUT2D eigenvalue weighted by molar-refractivity contribution is 0.126. The molecule has 18 heavy (non-hydrogen) atoms. The van der Waals surface area contributed by atoms with Crippen molar-refractivity contribution in [2.24, 2.45) is 11.7 Å². The first-order chi connectivity index (χ1) is 8.49. The maximum Gasteiger partial charge on any atom is 0.0943 e. The van der Waals surface area contributed by atoms with Crippen LogP contribution in [0.1, 0.15) is 31.2 Å². The zero-order chi connectivity index (χ0) is 13.3. The Balaban J connectivity index is 2.38. The average Bonchev–Trinajstić information content (AvgIpc) is 2.36. The number of fused-ring (bicyclic) bond motifs is 1. The number of benzene rings is 1. The predicted octanol–water partition coefficient (Wildman–Crippen LogP) is 2.56. The van der Waals surface area contributed by atoms with Crippen LogP contribution in [-0.4, -0.2) is 16.1 Å². The predicted molar refractivity (Wildman–Crippen MR) is 74.3 cm³/mol. The van der Waals surface area contributed by atoms with Crippen molar-refractivity contribution >= 4 is 10.9 Å². The van der Waals surface area contributed by atoms with Gasteiger partial charge in [-0.1, -0.05) is 26.0 Å². The van der Waals surface area contributed by atoms with E-state index in [0.717, 1.165) is 22.2 Å². The zero-order valence-electron chi connectivity index (χ0n) is 11.1. The normalized spacial score (nSPS) is 15.0. The smallest absolute Gasteiger partial charge is 0.0943 e. The number of aliphatic hydroxyl groups excluding tert-OH is 1. The van der Waals surface area contributed by atoms with Gasteiger partial charge in [0.25, 0.3) is 0 Å². The number of nitrogens with zero attached hydrogens (tertiary/aromatic N) is 1. The summed E-state index contributed by atoms with van der Waals surface area (Å²) in [4.78, 5) is 4.44. The Kier molecular flexibility index (Phi) is 3.64. The van der Waals surface area contributed by atoms with Gasteiger partial charge in [0.2, 0.25) is 0 Å². The van der Waals surface area contributed by atoms with Crippen LogP contribution >= 0.6 is 0 Å². The van der Waals surface area contributed by atoms with E-state index in [1.807, 2.05) is 51.1 Å². The van der Waals surface area contributed by atoms with Gasteiger partial charge >= 0.3 is 0 Å². The summed E-state index contributed by atoms with van der Waals surface area (Å²) in [6, 6.07) is 9.56. The SMILES string of the molecule is Cc1ccc2cc(C(O)C(N)C(C)C)ccc2n1. The molecular formula is C15H20N2O. The van der Waals surface area contributed by atoms with E-state index < -0.39 is 6.10 Å². The molecule has 0 radical (unpaired) electrons. The molecule has 0 bridgehead atoms. The highest BCUT2D eigenvalue weighted by Gasteiger charge is 2.20. The Morgan fingerprint density at radius 1 is 1.17 bits per heavy atom. The van der Waals surface area contributed by atoms with Crippen molar-refractivity contribution in [3.05, 3.63) is 41.6 Å². The van der Waals surface area contributed by atoms with E-state index in [1.165, 1.54) is 0 Å². The largest absolute Gasteiger partial charge is 0.387 e. The summed E-state index contributed by atoms with van der Waals surface area (Å²) in [5.41, 5.74) is 8.79. The third-order valence-electron chi connectivity index (χ3n) is 3.33. The Bertz CT molecular complexity index is 551. The molecule has 0 fully saturated rings. The van der Waals surface area contributed by atoms with Gasteiger partial charge < -0.3 is 10.8 Å².